The van der Waals surface area contributed by atoms with Crippen LogP contribution in [0.15, 0.2) is 64.8 Å². The number of piperidine rings is 1. The number of fused-ring (bicyclic) bond motifs is 1. The summed E-state index contributed by atoms with van der Waals surface area (Å²) < 4.78 is 7.64. The standard InChI is InChI=1S/C26H26N4O3S/c1-17-6-3-8-19(14-17)27-24(31)18-7-5-12-29(16-18)26-28-22-11-13-34-23(22)25(32)30(26)20-9-4-10-21(15-20)33-2/h3-4,6,8-11,13-15,18H,5,7,12,16H2,1-2H3,(H,27,31)/t18-/m0/s1. The van der Waals surface area contributed by atoms with Crippen LogP contribution >= 0.6 is 11.3 Å². The Morgan fingerprint density at radius 3 is 2.85 bits per heavy atom. The van der Waals surface area contributed by atoms with Crippen LogP contribution in [0, 0.1) is 12.8 Å². The number of anilines is 2. The molecule has 1 aliphatic rings. The van der Waals surface area contributed by atoms with Gasteiger partial charge < -0.3 is 15.0 Å². The molecule has 2 aromatic carbocycles. The van der Waals surface area contributed by atoms with Crippen LogP contribution in [0.3, 0.4) is 0 Å². The Bertz CT molecular complexity index is 1410. The van der Waals surface area contributed by atoms with E-state index in [9.17, 15) is 9.59 Å². The summed E-state index contributed by atoms with van der Waals surface area (Å²) >= 11 is 1.39. The molecule has 0 spiro atoms. The van der Waals surface area contributed by atoms with Crippen LogP contribution in [0.4, 0.5) is 11.6 Å². The van der Waals surface area contributed by atoms with E-state index in [-0.39, 0.29) is 17.4 Å². The van der Waals surface area contributed by atoms with Gasteiger partial charge in [-0.2, -0.15) is 0 Å². The quantitative estimate of drug-likeness (QED) is 0.457. The summed E-state index contributed by atoms with van der Waals surface area (Å²) in [6, 6.07) is 17.1. The van der Waals surface area contributed by atoms with Crippen molar-refractivity contribution >= 4 is 39.1 Å². The van der Waals surface area contributed by atoms with Crippen molar-refractivity contribution in [3.05, 3.63) is 75.9 Å². The minimum Gasteiger partial charge on any atom is -0.497 e. The van der Waals surface area contributed by atoms with E-state index in [0.717, 1.165) is 30.6 Å². The highest BCUT2D eigenvalue weighted by molar-refractivity contribution is 7.17. The Kier molecular flexibility index (Phi) is 6.06. The Morgan fingerprint density at radius 1 is 1.18 bits per heavy atom. The number of carbonyl (C=O) groups is 1. The number of rotatable bonds is 5. The molecule has 1 aliphatic heterocycles. The van der Waals surface area contributed by atoms with Crippen LogP contribution < -0.4 is 20.5 Å². The van der Waals surface area contributed by atoms with Gasteiger partial charge in [0, 0.05) is 24.8 Å². The Morgan fingerprint density at radius 2 is 2.03 bits per heavy atom. The highest BCUT2D eigenvalue weighted by Gasteiger charge is 2.29. The number of nitrogens with one attached hydrogen (secondary N) is 1. The van der Waals surface area contributed by atoms with Crippen LogP contribution in [0.25, 0.3) is 15.9 Å². The molecule has 1 fully saturated rings. The SMILES string of the molecule is COc1cccc(-n2c(N3CCC[C@H](C(=O)Nc4cccc(C)c4)C3)nc3ccsc3c2=O)c1. The molecule has 4 aromatic rings. The zero-order chi connectivity index (χ0) is 23.7. The lowest BCUT2D eigenvalue weighted by atomic mass is 9.97. The molecule has 1 amide bonds. The average molecular weight is 475 g/mol. The summed E-state index contributed by atoms with van der Waals surface area (Å²) in [7, 11) is 1.60. The van der Waals surface area contributed by atoms with E-state index in [1.54, 1.807) is 11.7 Å². The van der Waals surface area contributed by atoms with Gasteiger partial charge in [0.1, 0.15) is 10.4 Å². The minimum atomic E-state index is -0.205. The molecule has 0 saturated carbocycles. The van der Waals surface area contributed by atoms with E-state index in [1.807, 2.05) is 66.9 Å². The molecule has 34 heavy (non-hydrogen) atoms. The van der Waals surface area contributed by atoms with E-state index in [1.165, 1.54) is 11.3 Å². The molecule has 0 radical (unpaired) electrons. The van der Waals surface area contributed by atoms with Crippen LogP contribution in [-0.4, -0.2) is 35.7 Å². The van der Waals surface area contributed by atoms with Crippen LogP contribution in [0.1, 0.15) is 18.4 Å². The monoisotopic (exact) mass is 474 g/mol. The molecule has 7 nitrogen and oxygen atoms in total. The molecule has 5 rings (SSSR count). The molecular weight excluding hydrogens is 448 g/mol. The number of benzene rings is 2. The fraction of sp³-hybridized carbons (Fsp3) is 0.269. The fourth-order valence-electron chi connectivity index (χ4n) is 4.44. The summed E-state index contributed by atoms with van der Waals surface area (Å²) in [4.78, 5) is 33.5. The van der Waals surface area contributed by atoms with Gasteiger partial charge in [-0.15, -0.1) is 11.3 Å². The van der Waals surface area contributed by atoms with Crippen molar-refractivity contribution in [1.82, 2.24) is 9.55 Å². The maximum Gasteiger partial charge on any atom is 0.277 e. The first-order chi connectivity index (χ1) is 16.5. The van der Waals surface area contributed by atoms with E-state index >= 15 is 0 Å². The molecule has 1 saturated heterocycles. The number of hydrogen-bond donors (Lipinski definition) is 1. The molecule has 1 atom stereocenters. The zero-order valence-corrected chi connectivity index (χ0v) is 20.0. The Hall–Kier alpha value is -3.65. The first-order valence-electron chi connectivity index (χ1n) is 11.3. The van der Waals surface area contributed by atoms with E-state index in [2.05, 4.69) is 10.2 Å². The lowest BCUT2D eigenvalue weighted by molar-refractivity contribution is -0.120. The van der Waals surface area contributed by atoms with Gasteiger partial charge in [0.05, 0.1) is 24.2 Å². The van der Waals surface area contributed by atoms with Crippen LogP contribution in [0.5, 0.6) is 5.75 Å². The van der Waals surface area contributed by atoms with Gasteiger partial charge in [-0.3, -0.25) is 9.59 Å². The molecule has 1 N–H and O–H groups in total. The van der Waals surface area contributed by atoms with Gasteiger partial charge in [0.15, 0.2) is 0 Å². The zero-order valence-electron chi connectivity index (χ0n) is 19.2. The maximum absolute atomic E-state index is 13.5. The Labute approximate surface area is 201 Å². The van der Waals surface area contributed by atoms with Gasteiger partial charge >= 0.3 is 0 Å². The van der Waals surface area contributed by atoms with Crippen molar-refractivity contribution in [2.75, 3.05) is 30.4 Å². The van der Waals surface area contributed by atoms with Gasteiger partial charge in [0.25, 0.3) is 5.56 Å². The predicted molar refractivity (Wildman–Crippen MR) is 137 cm³/mol. The smallest absolute Gasteiger partial charge is 0.277 e. The maximum atomic E-state index is 13.5. The number of methoxy groups -OCH3 is 1. The number of aryl methyl sites for hydroxylation is 1. The van der Waals surface area contributed by atoms with Crippen molar-refractivity contribution in [3.63, 3.8) is 0 Å². The Balaban J connectivity index is 1.50. The third-order valence-electron chi connectivity index (χ3n) is 6.13. The second-order valence-electron chi connectivity index (χ2n) is 8.53. The van der Waals surface area contributed by atoms with Crippen LogP contribution in [-0.2, 0) is 4.79 Å². The highest BCUT2D eigenvalue weighted by atomic mass is 32.1. The molecule has 0 unspecified atom stereocenters. The second-order valence-corrected chi connectivity index (χ2v) is 9.45. The number of aromatic nitrogens is 2. The molecule has 3 heterocycles. The molecule has 0 bridgehead atoms. The predicted octanol–water partition coefficient (Wildman–Crippen LogP) is 4.62. The van der Waals surface area contributed by atoms with Gasteiger partial charge in [0.2, 0.25) is 11.9 Å². The lowest BCUT2D eigenvalue weighted by Crippen LogP contribution is -2.43. The molecule has 174 valence electrons. The first-order valence-corrected chi connectivity index (χ1v) is 12.2. The number of thiophene rings is 1. The summed E-state index contributed by atoms with van der Waals surface area (Å²) in [6.45, 7) is 3.21. The number of hydrogen-bond acceptors (Lipinski definition) is 6. The van der Waals surface area contributed by atoms with Crippen molar-refractivity contribution in [1.29, 1.82) is 0 Å². The summed E-state index contributed by atoms with van der Waals surface area (Å²) in [6.07, 6.45) is 1.62. The summed E-state index contributed by atoms with van der Waals surface area (Å²) in [5, 5.41) is 4.94. The van der Waals surface area contributed by atoms with Crippen molar-refractivity contribution in [3.8, 4) is 11.4 Å². The van der Waals surface area contributed by atoms with E-state index in [4.69, 9.17) is 9.72 Å². The van der Waals surface area contributed by atoms with Gasteiger partial charge in [-0.25, -0.2) is 9.55 Å². The fourth-order valence-corrected chi connectivity index (χ4v) is 5.19. The molecule has 8 heteroatoms. The normalized spacial score (nSPS) is 15.9. The number of carbonyl (C=O) groups excluding carboxylic acids is 1. The number of nitrogens with zero attached hydrogens (tertiary/aromatic N) is 3. The summed E-state index contributed by atoms with van der Waals surface area (Å²) in [5.74, 6) is 0.998. The third-order valence-corrected chi connectivity index (χ3v) is 7.03. The summed E-state index contributed by atoms with van der Waals surface area (Å²) in [5.41, 5.74) is 3.14. The van der Waals surface area contributed by atoms with Gasteiger partial charge in [-0.1, -0.05) is 18.2 Å². The highest BCUT2D eigenvalue weighted by Crippen LogP contribution is 2.28. The van der Waals surface area contributed by atoms with E-state index in [0.29, 0.717) is 34.1 Å². The van der Waals surface area contributed by atoms with Gasteiger partial charge in [-0.05, 0) is 61.0 Å². The molecule has 0 aliphatic carbocycles. The largest absolute Gasteiger partial charge is 0.497 e. The van der Waals surface area contributed by atoms with Crippen LogP contribution in [0.2, 0.25) is 0 Å². The van der Waals surface area contributed by atoms with E-state index < -0.39 is 0 Å². The second kappa shape index (κ2) is 9.30. The first kappa shape index (κ1) is 22.2. The van der Waals surface area contributed by atoms with Crippen molar-refractivity contribution in [2.45, 2.75) is 19.8 Å². The van der Waals surface area contributed by atoms with Crippen molar-refractivity contribution < 1.29 is 9.53 Å². The number of ether oxygens (including phenoxy) is 1. The molecule has 2 aromatic heterocycles. The average Bonchev–Trinajstić information content (AvgIpc) is 3.33. The minimum absolute atomic E-state index is 0.0119. The lowest BCUT2D eigenvalue weighted by Gasteiger charge is -2.34. The topological polar surface area (TPSA) is 76.5 Å². The number of amides is 1. The third kappa shape index (κ3) is 4.28. The van der Waals surface area contributed by atoms with Crippen molar-refractivity contribution in [2.24, 2.45) is 5.92 Å². The molecular formula is C26H26N4O3S.